The highest BCUT2D eigenvalue weighted by atomic mass is 79.9. The number of benzene rings is 1. The standard InChI is InChI=1S/C13H19BrN2O3/c1-8(7-17)9(2)15-13(18)16-12-6-10(19-3)4-5-11(12)14/h4-6,8-9,17H,7H2,1-3H3,(H2,15,16,18)/t8-,9-/m1/s1. The molecule has 6 heteroatoms. The molecule has 1 rings (SSSR count). The molecule has 2 amide bonds. The third kappa shape index (κ3) is 4.72. The molecule has 5 nitrogen and oxygen atoms in total. The quantitative estimate of drug-likeness (QED) is 0.777. The zero-order valence-electron chi connectivity index (χ0n) is 11.2. The summed E-state index contributed by atoms with van der Waals surface area (Å²) in [6.45, 7) is 3.75. The zero-order valence-corrected chi connectivity index (χ0v) is 12.8. The molecule has 0 unspecified atom stereocenters. The van der Waals surface area contributed by atoms with Gasteiger partial charge in [0, 0.05) is 23.2 Å². The van der Waals surface area contributed by atoms with E-state index in [0.717, 1.165) is 4.47 Å². The summed E-state index contributed by atoms with van der Waals surface area (Å²) >= 11 is 3.36. The van der Waals surface area contributed by atoms with E-state index in [-0.39, 0.29) is 24.6 Å². The summed E-state index contributed by atoms with van der Waals surface area (Å²) in [6, 6.07) is 4.89. The van der Waals surface area contributed by atoms with Crippen LogP contribution in [0.3, 0.4) is 0 Å². The molecule has 0 saturated heterocycles. The van der Waals surface area contributed by atoms with Gasteiger partial charge in [-0.05, 0) is 40.9 Å². The van der Waals surface area contributed by atoms with E-state index >= 15 is 0 Å². The fraction of sp³-hybridized carbons (Fsp3) is 0.462. The summed E-state index contributed by atoms with van der Waals surface area (Å²) in [6.07, 6.45) is 0. The maximum Gasteiger partial charge on any atom is 0.319 e. The average molecular weight is 331 g/mol. The highest BCUT2D eigenvalue weighted by Crippen LogP contribution is 2.26. The number of nitrogens with one attached hydrogen (secondary N) is 2. The Labute approximate surface area is 121 Å². The predicted molar refractivity (Wildman–Crippen MR) is 78.6 cm³/mol. The van der Waals surface area contributed by atoms with Gasteiger partial charge in [-0.2, -0.15) is 0 Å². The monoisotopic (exact) mass is 330 g/mol. The lowest BCUT2D eigenvalue weighted by Gasteiger charge is -2.20. The SMILES string of the molecule is COc1ccc(Br)c(NC(=O)N[C@H](C)[C@H](C)CO)c1. The molecule has 106 valence electrons. The summed E-state index contributed by atoms with van der Waals surface area (Å²) in [4.78, 5) is 11.8. The topological polar surface area (TPSA) is 70.6 Å². The van der Waals surface area contributed by atoms with Crippen LogP contribution in [0, 0.1) is 5.92 Å². The number of ether oxygens (including phenoxy) is 1. The number of hydrogen-bond donors (Lipinski definition) is 3. The number of carbonyl (C=O) groups is 1. The van der Waals surface area contributed by atoms with E-state index in [1.165, 1.54) is 0 Å². The molecule has 0 spiro atoms. The van der Waals surface area contributed by atoms with E-state index in [4.69, 9.17) is 9.84 Å². The largest absolute Gasteiger partial charge is 0.497 e. The van der Waals surface area contributed by atoms with Gasteiger partial charge < -0.3 is 20.5 Å². The summed E-state index contributed by atoms with van der Waals surface area (Å²) in [5, 5.41) is 14.5. The van der Waals surface area contributed by atoms with Crippen molar-refractivity contribution in [2.45, 2.75) is 19.9 Å². The fourth-order valence-electron chi connectivity index (χ4n) is 1.39. The molecular formula is C13H19BrN2O3. The highest BCUT2D eigenvalue weighted by molar-refractivity contribution is 9.10. The summed E-state index contributed by atoms with van der Waals surface area (Å²) < 4.78 is 5.87. The number of halogens is 1. The van der Waals surface area contributed by atoms with Crippen molar-refractivity contribution in [1.29, 1.82) is 0 Å². The van der Waals surface area contributed by atoms with Crippen LogP contribution < -0.4 is 15.4 Å². The van der Waals surface area contributed by atoms with E-state index in [0.29, 0.717) is 11.4 Å². The van der Waals surface area contributed by atoms with Gasteiger partial charge in [-0.3, -0.25) is 0 Å². The van der Waals surface area contributed by atoms with Crippen molar-refractivity contribution in [2.24, 2.45) is 5.92 Å². The van der Waals surface area contributed by atoms with Crippen LogP contribution >= 0.6 is 15.9 Å². The van der Waals surface area contributed by atoms with Crippen molar-refractivity contribution in [1.82, 2.24) is 5.32 Å². The Morgan fingerprint density at radius 2 is 2.16 bits per heavy atom. The lowest BCUT2D eigenvalue weighted by atomic mass is 10.1. The lowest BCUT2D eigenvalue weighted by molar-refractivity contribution is 0.204. The first-order chi connectivity index (χ1) is 8.97. The number of methoxy groups -OCH3 is 1. The van der Waals surface area contributed by atoms with E-state index < -0.39 is 0 Å². The van der Waals surface area contributed by atoms with E-state index in [9.17, 15) is 4.79 Å². The van der Waals surface area contributed by atoms with Crippen molar-refractivity contribution in [2.75, 3.05) is 19.0 Å². The van der Waals surface area contributed by atoms with Gasteiger partial charge in [0.2, 0.25) is 0 Å². The van der Waals surface area contributed by atoms with Crippen LogP contribution in [0.15, 0.2) is 22.7 Å². The van der Waals surface area contributed by atoms with Crippen molar-refractivity contribution in [3.8, 4) is 5.75 Å². The Morgan fingerprint density at radius 1 is 1.47 bits per heavy atom. The van der Waals surface area contributed by atoms with Crippen LogP contribution in [0.4, 0.5) is 10.5 Å². The van der Waals surface area contributed by atoms with Gasteiger partial charge in [-0.1, -0.05) is 6.92 Å². The first kappa shape index (κ1) is 15.8. The van der Waals surface area contributed by atoms with Gasteiger partial charge in [0.1, 0.15) is 5.75 Å². The minimum atomic E-state index is -0.318. The molecule has 0 fully saturated rings. The first-order valence-corrected chi connectivity index (χ1v) is 6.79. The molecule has 0 aliphatic heterocycles. The van der Waals surface area contributed by atoms with Crippen molar-refractivity contribution < 1.29 is 14.6 Å². The molecule has 0 bridgehead atoms. The van der Waals surface area contributed by atoms with E-state index in [2.05, 4.69) is 26.6 Å². The van der Waals surface area contributed by atoms with Crippen LogP contribution in [0.25, 0.3) is 0 Å². The normalized spacial score (nSPS) is 13.5. The Morgan fingerprint density at radius 3 is 2.74 bits per heavy atom. The number of urea groups is 1. The summed E-state index contributed by atoms with van der Waals surface area (Å²) in [5.41, 5.74) is 0.626. The minimum absolute atomic E-state index is 0.000463. The van der Waals surface area contributed by atoms with Crippen LogP contribution in [0.2, 0.25) is 0 Å². The molecule has 0 aromatic heterocycles. The number of hydrogen-bond acceptors (Lipinski definition) is 3. The molecule has 3 N–H and O–H groups in total. The number of anilines is 1. The molecule has 0 radical (unpaired) electrons. The third-order valence-electron chi connectivity index (χ3n) is 2.92. The first-order valence-electron chi connectivity index (χ1n) is 5.99. The number of aliphatic hydroxyl groups excluding tert-OH is 1. The van der Waals surface area contributed by atoms with Gasteiger partial charge in [0.05, 0.1) is 12.8 Å². The Kier molecular flexibility index (Phi) is 6.11. The van der Waals surface area contributed by atoms with Gasteiger partial charge in [0.25, 0.3) is 0 Å². The number of amides is 2. The molecule has 1 aromatic carbocycles. The van der Waals surface area contributed by atoms with Crippen LogP contribution in [-0.2, 0) is 0 Å². The van der Waals surface area contributed by atoms with Crippen LogP contribution in [-0.4, -0.2) is 30.9 Å². The molecule has 0 heterocycles. The maximum absolute atomic E-state index is 11.8. The molecule has 0 saturated carbocycles. The second kappa shape index (κ2) is 7.35. The smallest absolute Gasteiger partial charge is 0.319 e. The van der Waals surface area contributed by atoms with Crippen molar-refractivity contribution in [3.05, 3.63) is 22.7 Å². The van der Waals surface area contributed by atoms with Crippen molar-refractivity contribution in [3.63, 3.8) is 0 Å². The van der Waals surface area contributed by atoms with Gasteiger partial charge >= 0.3 is 6.03 Å². The minimum Gasteiger partial charge on any atom is -0.497 e. The lowest BCUT2D eigenvalue weighted by Crippen LogP contribution is -2.40. The molecule has 0 aliphatic carbocycles. The van der Waals surface area contributed by atoms with Gasteiger partial charge in [0.15, 0.2) is 0 Å². The van der Waals surface area contributed by atoms with Crippen molar-refractivity contribution >= 4 is 27.6 Å². The summed E-state index contributed by atoms with van der Waals surface area (Å²) in [5.74, 6) is 0.662. The Balaban J connectivity index is 2.66. The maximum atomic E-state index is 11.8. The second-order valence-corrected chi connectivity index (χ2v) is 5.25. The molecule has 1 aromatic rings. The number of aliphatic hydroxyl groups is 1. The van der Waals surface area contributed by atoms with Crippen LogP contribution in [0.1, 0.15) is 13.8 Å². The second-order valence-electron chi connectivity index (χ2n) is 4.39. The molecule has 19 heavy (non-hydrogen) atoms. The molecule has 0 aliphatic rings. The molecule has 2 atom stereocenters. The van der Waals surface area contributed by atoms with Gasteiger partial charge in [-0.15, -0.1) is 0 Å². The number of carbonyl (C=O) groups excluding carboxylic acids is 1. The average Bonchev–Trinajstić information content (AvgIpc) is 2.40. The van der Waals surface area contributed by atoms with E-state index in [1.54, 1.807) is 25.3 Å². The third-order valence-corrected chi connectivity index (χ3v) is 3.61. The Hall–Kier alpha value is -1.27. The Bertz CT molecular complexity index is 440. The number of rotatable bonds is 5. The fourth-order valence-corrected chi connectivity index (χ4v) is 1.74. The highest BCUT2D eigenvalue weighted by Gasteiger charge is 2.14. The van der Waals surface area contributed by atoms with Crippen LogP contribution in [0.5, 0.6) is 5.75 Å². The summed E-state index contributed by atoms with van der Waals surface area (Å²) in [7, 11) is 1.57. The molecular weight excluding hydrogens is 312 g/mol. The van der Waals surface area contributed by atoms with E-state index in [1.807, 2.05) is 13.8 Å². The zero-order chi connectivity index (χ0) is 14.4. The predicted octanol–water partition coefficient (Wildman–Crippen LogP) is 2.60. The van der Waals surface area contributed by atoms with Gasteiger partial charge in [-0.25, -0.2) is 4.79 Å².